The molecule has 6 heteroatoms. The van der Waals surface area contributed by atoms with E-state index < -0.39 is 0 Å². The van der Waals surface area contributed by atoms with Crippen LogP contribution >= 0.6 is 0 Å². The maximum Gasteiger partial charge on any atom is 0.240 e. The van der Waals surface area contributed by atoms with E-state index in [1.807, 2.05) is 13.8 Å². The van der Waals surface area contributed by atoms with Crippen molar-refractivity contribution in [2.75, 3.05) is 31.5 Å². The van der Waals surface area contributed by atoms with Crippen LogP contribution in [0.25, 0.3) is 0 Å². The first-order chi connectivity index (χ1) is 10.1. The Morgan fingerprint density at radius 1 is 1.62 bits per heavy atom. The van der Waals surface area contributed by atoms with Gasteiger partial charge in [-0.05, 0) is 31.8 Å². The topological polar surface area (TPSA) is 70.4 Å². The Morgan fingerprint density at radius 2 is 2.43 bits per heavy atom. The first-order valence-corrected chi connectivity index (χ1v) is 7.81. The average molecular weight is 294 g/mol. The van der Waals surface area contributed by atoms with E-state index in [2.05, 4.69) is 27.6 Å². The van der Waals surface area contributed by atoms with Gasteiger partial charge in [-0.3, -0.25) is 15.0 Å². The number of anilines is 1. The molecule has 118 valence electrons. The Bertz CT molecular complexity index is 452. The van der Waals surface area contributed by atoms with E-state index in [0.717, 1.165) is 31.7 Å². The second kappa shape index (κ2) is 7.56. The van der Waals surface area contributed by atoms with Crippen LogP contribution in [0.4, 0.5) is 5.88 Å². The van der Waals surface area contributed by atoms with Gasteiger partial charge in [-0.2, -0.15) is 0 Å². The molecule has 0 saturated carbocycles. The van der Waals surface area contributed by atoms with Gasteiger partial charge in [0.15, 0.2) is 0 Å². The Balaban J connectivity index is 1.86. The van der Waals surface area contributed by atoms with Crippen LogP contribution in [0.5, 0.6) is 0 Å². The summed E-state index contributed by atoms with van der Waals surface area (Å²) in [5, 5.41) is 10.1. The van der Waals surface area contributed by atoms with E-state index in [4.69, 9.17) is 4.52 Å². The van der Waals surface area contributed by atoms with Gasteiger partial charge >= 0.3 is 0 Å². The summed E-state index contributed by atoms with van der Waals surface area (Å²) in [5.74, 6) is 0.676. The van der Waals surface area contributed by atoms with Gasteiger partial charge in [0.25, 0.3) is 0 Å². The number of nitrogens with zero attached hydrogens (tertiary/aromatic N) is 2. The Labute approximate surface area is 126 Å². The highest BCUT2D eigenvalue weighted by molar-refractivity contribution is 5.91. The summed E-state index contributed by atoms with van der Waals surface area (Å²) in [6, 6.07) is 2.23. The van der Waals surface area contributed by atoms with Crippen LogP contribution in [0.15, 0.2) is 10.6 Å². The zero-order valence-electron chi connectivity index (χ0n) is 13.2. The van der Waals surface area contributed by atoms with E-state index in [0.29, 0.717) is 24.4 Å². The number of hydrogen-bond acceptors (Lipinski definition) is 5. The lowest BCUT2D eigenvalue weighted by atomic mass is 10.1. The minimum absolute atomic E-state index is 0.0473. The number of carbonyl (C=O) groups excluding carboxylic acids is 1. The third-order valence-electron chi connectivity index (χ3n) is 3.92. The van der Waals surface area contributed by atoms with Crippen molar-refractivity contribution in [2.24, 2.45) is 0 Å². The van der Waals surface area contributed by atoms with Crippen molar-refractivity contribution in [3.63, 3.8) is 0 Å². The van der Waals surface area contributed by atoms with Crippen LogP contribution in [-0.4, -0.2) is 48.2 Å². The molecule has 1 aromatic heterocycles. The van der Waals surface area contributed by atoms with Crippen LogP contribution in [0.2, 0.25) is 0 Å². The summed E-state index contributed by atoms with van der Waals surface area (Å²) in [6.07, 6.45) is 2.32. The van der Waals surface area contributed by atoms with Crippen molar-refractivity contribution in [3.8, 4) is 0 Å². The second-order valence-corrected chi connectivity index (χ2v) is 5.88. The molecular formula is C15H26N4O2. The molecule has 0 radical (unpaired) electrons. The molecule has 2 N–H and O–H groups in total. The quantitative estimate of drug-likeness (QED) is 0.837. The van der Waals surface area contributed by atoms with Crippen LogP contribution in [0.3, 0.4) is 0 Å². The van der Waals surface area contributed by atoms with Crippen molar-refractivity contribution in [1.29, 1.82) is 0 Å². The monoisotopic (exact) mass is 294 g/mol. The van der Waals surface area contributed by atoms with Crippen molar-refractivity contribution in [1.82, 2.24) is 15.4 Å². The third kappa shape index (κ3) is 4.54. The molecule has 1 aliphatic heterocycles. The lowest BCUT2D eigenvalue weighted by Crippen LogP contribution is -2.48. The van der Waals surface area contributed by atoms with Crippen LogP contribution < -0.4 is 10.6 Å². The molecule has 1 unspecified atom stereocenters. The molecule has 6 nitrogen and oxygen atoms in total. The Morgan fingerprint density at radius 3 is 3.00 bits per heavy atom. The summed E-state index contributed by atoms with van der Waals surface area (Å²) in [5.41, 5.74) is 0.856. The molecule has 0 aromatic carbocycles. The van der Waals surface area contributed by atoms with Gasteiger partial charge in [-0.15, -0.1) is 0 Å². The Hall–Kier alpha value is -1.40. The number of piperidine rings is 1. The first kappa shape index (κ1) is 16.0. The normalized spacial score (nSPS) is 19.2. The molecule has 0 aliphatic carbocycles. The molecule has 1 aromatic rings. The van der Waals surface area contributed by atoms with E-state index in [-0.39, 0.29) is 5.91 Å². The van der Waals surface area contributed by atoms with Crippen molar-refractivity contribution < 1.29 is 9.32 Å². The molecule has 2 rings (SSSR count). The van der Waals surface area contributed by atoms with Crippen LogP contribution in [-0.2, 0) is 4.79 Å². The van der Waals surface area contributed by atoms with Gasteiger partial charge in [0.05, 0.1) is 12.2 Å². The SMILES string of the molecule is CCN(CC(=O)Nc1cc(C(C)C)no1)C1CCCNC1. The number of aromatic nitrogens is 1. The number of nitrogens with one attached hydrogen (secondary N) is 2. The molecule has 2 heterocycles. The molecule has 1 amide bonds. The highest BCUT2D eigenvalue weighted by Gasteiger charge is 2.22. The molecule has 1 aliphatic rings. The molecule has 1 saturated heterocycles. The summed E-state index contributed by atoms with van der Waals surface area (Å²) in [6.45, 7) is 9.47. The lowest BCUT2D eigenvalue weighted by Gasteiger charge is -2.33. The van der Waals surface area contributed by atoms with Crippen molar-refractivity contribution >= 4 is 11.8 Å². The zero-order chi connectivity index (χ0) is 15.2. The van der Waals surface area contributed by atoms with Gasteiger partial charge in [-0.1, -0.05) is 25.9 Å². The first-order valence-electron chi connectivity index (χ1n) is 7.81. The van der Waals surface area contributed by atoms with Gasteiger partial charge in [0.2, 0.25) is 11.8 Å². The maximum absolute atomic E-state index is 12.1. The number of likely N-dealkylation sites (N-methyl/N-ethyl adjacent to an activating group) is 1. The van der Waals surface area contributed by atoms with Crippen molar-refractivity contribution in [3.05, 3.63) is 11.8 Å². The number of amides is 1. The summed E-state index contributed by atoms with van der Waals surface area (Å²) in [4.78, 5) is 14.4. The minimum Gasteiger partial charge on any atom is -0.338 e. The molecule has 1 atom stereocenters. The van der Waals surface area contributed by atoms with Gasteiger partial charge in [0.1, 0.15) is 0 Å². The smallest absolute Gasteiger partial charge is 0.240 e. The summed E-state index contributed by atoms with van der Waals surface area (Å²) in [7, 11) is 0. The van der Waals surface area contributed by atoms with E-state index >= 15 is 0 Å². The lowest BCUT2D eigenvalue weighted by molar-refractivity contribution is -0.118. The maximum atomic E-state index is 12.1. The van der Waals surface area contributed by atoms with E-state index in [1.165, 1.54) is 6.42 Å². The van der Waals surface area contributed by atoms with Crippen molar-refractivity contribution in [2.45, 2.75) is 45.6 Å². The fraction of sp³-hybridized carbons (Fsp3) is 0.733. The standard InChI is InChI=1S/C15H26N4O2/c1-4-19(12-6-5-7-16-9-12)10-14(20)17-15-8-13(11(2)3)18-21-15/h8,11-12,16H,4-7,9-10H2,1-3H3,(H,17,20). The highest BCUT2D eigenvalue weighted by atomic mass is 16.5. The van der Waals surface area contributed by atoms with Gasteiger partial charge in [0, 0.05) is 18.7 Å². The number of rotatable bonds is 6. The van der Waals surface area contributed by atoms with E-state index in [1.54, 1.807) is 6.07 Å². The third-order valence-corrected chi connectivity index (χ3v) is 3.92. The summed E-state index contributed by atoms with van der Waals surface area (Å²) >= 11 is 0. The fourth-order valence-corrected chi connectivity index (χ4v) is 2.63. The molecule has 0 spiro atoms. The number of hydrogen-bond donors (Lipinski definition) is 2. The zero-order valence-corrected chi connectivity index (χ0v) is 13.2. The fourth-order valence-electron chi connectivity index (χ4n) is 2.63. The van der Waals surface area contributed by atoms with Crippen LogP contribution in [0, 0.1) is 0 Å². The molecule has 21 heavy (non-hydrogen) atoms. The highest BCUT2D eigenvalue weighted by Crippen LogP contribution is 2.17. The molecular weight excluding hydrogens is 268 g/mol. The van der Waals surface area contributed by atoms with E-state index in [9.17, 15) is 4.79 Å². The molecule has 1 fully saturated rings. The summed E-state index contributed by atoms with van der Waals surface area (Å²) < 4.78 is 5.14. The Kier molecular flexibility index (Phi) is 5.76. The predicted octanol–water partition coefficient (Wildman–Crippen LogP) is 1.81. The molecule has 0 bridgehead atoms. The predicted molar refractivity (Wildman–Crippen MR) is 82.4 cm³/mol. The van der Waals surface area contributed by atoms with Gasteiger partial charge in [-0.25, -0.2) is 0 Å². The van der Waals surface area contributed by atoms with Crippen LogP contribution in [0.1, 0.15) is 45.2 Å². The largest absolute Gasteiger partial charge is 0.338 e. The second-order valence-electron chi connectivity index (χ2n) is 5.88. The minimum atomic E-state index is -0.0473. The number of carbonyl (C=O) groups is 1. The van der Waals surface area contributed by atoms with Gasteiger partial charge < -0.3 is 9.84 Å². The average Bonchev–Trinajstić information content (AvgIpc) is 2.94.